The van der Waals surface area contributed by atoms with E-state index in [1.165, 1.54) is 12.1 Å². The standard InChI is InChI=1S/C16H17FO2S/c17-14-6-8-15(9-7-14)19-16(12-20)11-18-10-13-4-2-1-3-5-13/h1-9,16,20H,10-12H2/t16-/m0/s1. The first-order valence-corrected chi connectivity index (χ1v) is 7.06. The van der Waals surface area contributed by atoms with Crippen molar-refractivity contribution in [3.63, 3.8) is 0 Å². The first-order valence-electron chi connectivity index (χ1n) is 6.42. The van der Waals surface area contributed by atoms with Crippen LogP contribution in [0, 0.1) is 5.82 Å². The highest BCUT2D eigenvalue weighted by molar-refractivity contribution is 7.80. The Balaban J connectivity index is 1.79. The first-order chi connectivity index (χ1) is 9.78. The summed E-state index contributed by atoms with van der Waals surface area (Å²) in [6.07, 6.45) is -0.160. The van der Waals surface area contributed by atoms with E-state index >= 15 is 0 Å². The molecule has 0 heterocycles. The molecular formula is C16H17FO2S. The van der Waals surface area contributed by atoms with Crippen LogP contribution in [0.15, 0.2) is 54.6 Å². The molecule has 106 valence electrons. The molecular weight excluding hydrogens is 275 g/mol. The van der Waals surface area contributed by atoms with E-state index in [9.17, 15) is 4.39 Å². The smallest absolute Gasteiger partial charge is 0.131 e. The molecule has 0 aliphatic heterocycles. The van der Waals surface area contributed by atoms with Gasteiger partial charge in [-0.25, -0.2) is 4.39 Å². The van der Waals surface area contributed by atoms with E-state index in [2.05, 4.69) is 12.6 Å². The molecule has 1 atom stereocenters. The summed E-state index contributed by atoms with van der Waals surface area (Å²) in [5.74, 6) is 0.875. The van der Waals surface area contributed by atoms with Crippen molar-refractivity contribution < 1.29 is 13.9 Å². The molecule has 0 amide bonds. The molecule has 0 saturated carbocycles. The van der Waals surface area contributed by atoms with Gasteiger partial charge in [0.05, 0.1) is 13.2 Å². The molecule has 0 N–H and O–H groups in total. The summed E-state index contributed by atoms with van der Waals surface area (Å²) in [5, 5.41) is 0. The van der Waals surface area contributed by atoms with E-state index in [0.29, 0.717) is 24.7 Å². The van der Waals surface area contributed by atoms with E-state index in [0.717, 1.165) is 5.56 Å². The summed E-state index contributed by atoms with van der Waals surface area (Å²) in [5.41, 5.74) is 1.12. The maximum Gasteiger partial charge on any atom is 0.131 e. The van der Waals surface area contributed by atoms with Crippen LogP contribution >= 0.6 is 12.6 Å². The SMILES string of the molecule is Fc1ccc(O[C@H](CS)COCc2ccccc2)cc1. The second-order valence-corrected chi connectivity index (χ2v) is 4.74. The van der Waals surface area contributed by atoms with Crippen LogP contribution in [0.1, 0.15) is 5.56 Å². The number of halogens is 1. The van der Waals surface area contributed by atoms with Crippen LogP contribution in [0.3, 0.4) is 0 Å². The zero-order valence-corrected chi connectivity index (χ0v) is 11.9. The molecule has 0 saturated heterocycles. The molecule has 2 aromatic rings. The third-order valence-corrected chi connectivity index (χ3v) is 3.14. The topological polar surface area (TPSA) is 18.5 Å². The van der Waals surface area contributed by atoms with Crippen molar-refractivity contribution in [3.8, 4) is 5.75 Å². The average molecular weight is 292 g/mol. The Morgan fingerprint density at radius 1 is 1.00 bits per heavy atom. The summed E-state index contributed by atoms with van der Waals surface area (Å²) in [4.78, 5) is 0. The van der Waals surface area contributed by atoms with Gasteiger partial charge in [-0.2, -0.15) is 12.6 Å². The number of thiol groups is 1. The highest BCUT2D eigenvalue weighted by atomic mass is 32.1. The maximum absolute atomic E-state index is 12.8. The molecule has 0 aliphatic rings. The quantitative estimate of drug-likeness (QED) is 0.784. The minimum Gasteiger partial charge on any atom is -0.487 e. The van der Waals surface area contributed by atoms with Gasteiger partial charge in [-0.1, -0.05) is 30.3 Å². The van der Waals surface area contributed by atoms with Crippen molar-refractivity contribution in [1.82, 2.24) is 0 Å². The summed E-state index contributed by atoms with van der Waals surface area (Å²) < 4.78 is 24.1. The number of ether oxygens (including phenoxy) is 2. The molecule has 0 unspecified atom stereocenters. The van der Waals surface area contributed by atoms with Crippen molar-refractivity contribution in [2.24, 2.45) is 0 Å². The maximum atomic E-state index is 12.8. The van der Waals surface area contributed by atoms with Crippen molar-refractivity contribution in [2.75, 3.05) is 12.4 Å². The fourth-order valence-corrected chi connectivity index (χ4v) is 1.89. The van der Waals surface area contributed by atoms with Gasteiger partial charge in [-0.05, 0) is 29.8 Å². The predicted molar refractivity (Wildman–Crippen MR) is 80.8 cm³/mol. The number of hydrogen-bond donors (Lipinski definition) is 1. The van der Waals surface area contributed by atoms with Crippen LogP contribution in [0.4, 0.5) is 4.39 Å². The Labute approximate surface area is 123 Å². The van der Waals surface area contributed by atoms with Gasteiger partial charge in [-0.15, -0.1) is 0 Å². The van der Waals surface area contributed by atoms with Crippen molar-refractivity contribution in [2.45, 2.75) is 12.7 Å². The largest absolute Gasteiger partial charge is 0.487 e. The molecule has 0 aromatic heterocycles. The normalized spacial score (nSPS) is 12.1. The molecule has 2 nitrogen and oxygen atoms in total. The monoisotopic (exact) mass is 292 g/mol. The van der Waals surface area contributed by atoms with Gasteiger partial charge in [0, 0.05) is 5.75 Å². The summed E-state index contributed by atoms with van der Waals surface area (Å²) in [6, 6.07) is 15.9. The van der Waals surface area contributed by atoms with Crippen molar-refractivity contribution in [1.29, 1.82) is 0 Å². The third kappa shape index (κ3) is 4.87. The Morgan fingerprint density at radius 2 is 1.70 bits per heavy atom. The zero-order valence-electron chi connectivity index (χ0n) is 11.0. The summed E-state index contributed by atoms with van der Waals surface area (Å²) in [7, 11) is 0. The number of rotatable bonds is 7. The fraction of sp³-hybridized carbons (Fsp3) is 0.250. The minimum atomic E-state index is -0.278. The summed E-state index contributed by atoms with van der Waals surface area (Å²) >= 11 is 4.25. The second kappa shape index (κ2) is 7.92. The molecule has 0 aliphatic carbocycles. The highest BCUT2D eigenvalue weighted by Crippen LogP contribution is 2.14. The Bertz CT molecular complexity index is 502. The molecule has 2 rings (SSSR count). The lowest BCUT2D eigenvalue weighted by Gasteiger charge is -2.17. The Kier molecular flexibility index (Phi) is 5.89. The lowest BCUT2D eigenvalue weighted by atomic mass is 10.2. The molecule has 2 aromatic carbocycles. The molecule has 0 spiro atoms. The molecule has 0 fully saturated rings. The first kappa shape index (κ1) is 14.9. The van der Waals surface area contributed by atoms with Gasteiger partial charge in [0.1, 0.15) is 17.7 Å². The molecule has 4 heteroatoms. The van der Waals surface area contributed by atoms with E-state index in [-0.39, 0.29) is 11.9 Å². The van der Waals surface area contributed by atoms with E-state index in [1.54, 1.807) is 12.1 Å². The van der Waals surface area contributed by atoms with Gasteiger partial charge in [0.25, 0.3) is 0 Å². The van der Waals surface area contributed by atoms with Crippen LogP contribution in [0.2, 0.25) is 0 Å². The van der Waals surface area contributed by atoms with E-state index < -0.39 is 0 Å². The third-order valence-electron chi connectivity index (χ3n) is 2.74. The lowest BCUT2D eigenvalue weighted by molar-refractivity contribution is 0.0514. The van der Waals surface area contributed by atoms with Gasteiger partial charge in [-0.3, -0.25) is 0 Å². The van der Waals surface area contributed by atoms with Gasteiger partial charge in [0.2, 0.25) is 0 Å². The molecule has 0 bridgehead atoms. The number of hydrogen-bond acceptors (Lipinski definition) is 3. The van der Waals surface area contributed by atoms with E-state index in [4.69, 9.17) is 9.47 Å². The average Bonchev–Trinajstić information content (AvgIpc) is 2.49. The van der Waals surface area contributed by atoms with Crippen molar-refractivity contribution >= 4 is 12.6 Å². The predicted octanol–water partition coefficient (Wildman–Crippen LogP) is 3.72. The fourth-order valence-electron chi connectivity index (χ4n) is 1.71. The molecule has 0 radical (unpaired) electrons. The van der Waals surface area contributed by atoms with Crippen LogP contribution in [-0.2, 0) is 11.3 Å². The zero-order chi connectivity index (χ0) is 14.2. The van der Waals surface area contributed by atoms with Gasteiger partial charge in [0.15, 0.2) is 0 Å². The van der Waals surface area contributed by atoms with Crippen LogP contribution in [0.5, 0.6) is 5.75 Å². The summed E-state index contributed by atoms with van der Waals surface area (Å²) in [6.45, 7) is 0.980. The molecule has 20 heavy (non-hydrogen) atoms. The van der Waals surface area contributed by atoms with Crippen LogP contribution < -0.4 is 4.74 Å². The van der Waals surface area contributed by atoms with Gasteiger partial charge >= 0.3 is 0 Å². The van der Waals surface area contributed by atoms with Crippen molar-refractivity contribution in [3.05, 3.63) is 66.0 Å². The minimum absolute atomic E-state index is 0.160. The number of benzene rings is 2. The lowest BCUT2D eigenvalue weighted by Crippen LogP contribution is -2.24. The van der Waals surface area contributed by atoms with Crippen LogP contribution in [-0.4, -0.2) is 18.5 Å². The van der Waals surface area contributed by atoms with E-state index in [1.807, 2.05) is 30.3 Å². The Hall–Kier alpha value is -1.52. The Morgan fingerprint density at radius 3 is 2.35 bits per heavy atom. The van der Waals surface area contributed by atoms with Crippen LogP contribution in [0.25, 0.3) is 0 Å². The second-order valence-electron chi connectivity index (χ2n) is 4.38. The highest BCUT2D eigenvalue weighted by Gasteiger charge is 2.09. The van der Waals surface area contributed by atoms with Gasteiger partial charge < -0.3 is 9.47 Å².